The molecule has 0 N–H and O–H groups in total. The number of ether oxygens (including phenoxy) is 1. The Morgan fingerprint density at radius 1 is 1.00 bits per heavy atom. The SMILES string of the molecule is Cc1ccc(CC2(OOC(C)(C)C)C(=O)Oc3ccccc3C2=O)cc1. The van der Waals surface area contributed by atoms with Crippen molar-refractivity contribution in [1.82, 2.24) is 0 Å². The third kappa shape index (κ3) is 3.54. The lowest BCUT2D eigenvalue weighted by Gasteiger charge is -2.34. The molecule has 1 atom stereocenters. The van der Waals surface area contributed by atoms with Crippen LogP contribution in [0.4, 0.5) is 0 Å². The number of benzene rings is 2. The maximum Gasteiger partial charge on any atom is 0.355 e. The minimum atomic E-state index is -1.88. The van der Waals surface area contributed by atoms with Crippen molar-refractivity contribution in [3.05, 3.63) is 65.2 Å². The summed E-state index contributed by atoms with van der Waals surface area (Å²) in [5.74, 6) is -0.999. The molecule has 0 amide bonds. The quantitative estimate of drug-likeness (QED) is 0.275. The second kappa shape index (κ2) is 6.67. The number of hydrogen-bond donors (Lipinski definition) is 0. The number of hydrogen-bond acceptors (Lipinski definition) is 5. The summed E-state index contributed by atoms with van der Waals surface area (Å²) in [5, 5.41) is 0. The summed E-state index contributed by atoms with van der Waals surface area (Å²) in [7, 11) is 0. The Hall–Kier alpha value is -2.50. The highest BCUT2D eigenvalue weighted by Crippen LogP contribution is 2.35. The lowest BCUT2D eigenvalue weighted by Crippen LogP contribution is -2.56. The highest BCUT2D eigenvalue weighted by atomic mass is 17.2. The molecule has 26 heavy (non-hydrogen) atoms. The number of fused-ring (bicyclic) bond motifs is 1. The van der Waals surface area contributed by atoms with E-state index < -0.39 is 23.0 Å². The van der Waals surface area contributed by atoms with Crippen molar-refractivity contribution in [1.29, 1.82) is 0 Å². The molecule has 0 spiro atoms. The third-order valence-corrected chi connectivity index (χ3v) is 4.04. The molecule has 0 saturated carbocycles. The van der Waals surface area contributed by atoms with Crippen molar-refractivity contribution in [3.63, 3.8) is 0 Å². The molecule has 5 heteroatoms. The van der Waals surface area contributed by atoms with Crippen LogP contribution < -0.4 is 4.74 Å². The molecule has 1 heterocycles. The van der Waals surface area contributed by atoms with E-state index in [4.69, 9.17) is 14.5 Å². The van der Waals surface area contributed by atoms with Crippen LogP contribution in [-0.2, 0) is 21.0 Å². The van der Waals surface area contributed by atoms with Crippen molar-refractivity contribution in [2.75, 3.05) is 0 Å². The van der Waals surface area contributed by atoms with E-state index in [-0.39, 0.29) is 12.2 Å². The molecule has 0 aliphatic carbocycles. The van der Waals surface area contributed by atoms with Crippen molar-refractivity contribution in [2.24, 2.45) is 0 Å². The van der Waals surface area contributed by atoms with Crippen LogP contribution in [0.5, 0.6) is 5.75 Å². The van der Waals surface area contributed by atoms with Crippen molar-refractivity contribution in [3.8, 4) is 5.75 Å². The van der Waals surface area contributed by atoms with E-state index in [0.29, 0.717) is 5.56 Å². The molecule has 136 valence electrons. The highest BCUT2D eigenvalue weighted by Gasteiger charge is 2.55. The number of Topliss-reactive ketones (excluding diaryl/α,β-unsaturated/α-hetero) is 1. The van der Waals surface area contributed by atoms with Gasteiger partial charge in [0.15, 0.2) is 0 Å². The molecule has 0 fully saturated rings. The van der Waals surface area contributed by atoms with Crippen LogP contribution in [0.2, 0.25) is 0 Å². The number of aryl methyl sites for hydroxylation is 1. The summed E-state index contributed by atoms with van der Waals surface area (Å²) in [6.07, 6.45) is 0.0232. The summed E-state index contributed by atoms with van der Waals surface area (Å²) in [5.41, 5.74) is -0.415. The van der Waals surface area contributed by atoms with E-state index in [2.05, 4.69) is 0 Å². The van der Waals surface area contributed by atoms with Gasteiger partial charge in [0.25, 0.3) is 5.60 Å². The summed E-state index contributed by atoms with van der Waals surface area (Å²) in [6.45, 7) is 7.30. The number of carbonyl (C=O) groups excluding carboxylic acids is 2. The summed E-state index contributed by atoms with van der Waals surface area (Å²) in [4.78, 5) is 37.0. The maximum atomic E-state index is 13.2. The fraction of sp³-hybridized carbons (Fsp3) is 0.333. The van der Waals surface area contributed by atoms with Gasteiger partial charge in [0, 0.05) is 6.42 Å². The van der Waals surface area contributed by atoms with Gasteiger partial charge in [-0.15, -0.1) is 0 Å². The predicted molar refractivity (Wildman–Crippen MR) is 95.9 cm³/mol. The van der Waals surface area contributed by atoms with Gasteiger partial charge in [-0.2, -0.15) is 0 Å². The second-order valence-corrected chi connectivity index (χ2v) is 7.48. The van der Waals surface area contributed by atoms with Gasteiger partial charge < -0.3 is 4.74 Å². The maximum absolute atomic E-state index is 13.2. The number of esters is 1. The van der Waals surface area contributed by atoms with Crippen molar-refractivity contribution in [2.45, 2.75) is 45.3 Å². The van der Waals surface area contributed by atoms with Gasteiger partial charge in [-0.3, -0.25) is 4.79 Å². The molecule has 1 aliphatic rings. The molecule has 0 saturated heterocycles. The first-order valence-corrected chi connectivity index (χ1v) is 8.50. The Kier molecular flexibility index (Phi) is 4.69. The van der Waals surface area contributed by atoms with Gasteiger partial charge in [0.1, 0.15) is 5.75 Å². The highest BCUT2D eigenvalue weighted by molar-refractivity contribution is 6.19. The normalized spacial score (nSPS) is 19.8. The summed E-state index contributed by atoms with van der Waals surface area (Å²) in [6, 6.07) is 14.2. The lowest BCUT2D eigenvalue weighted by molar-refractivity contribution is -0.383. The first-order chi connectivity index (χ1) is 12.2. The van der Waals surface area contributed by atoms with Crippen LogP contribution in [0.1, 0.15) is 42.3 Å². The van der Waals surface area contributed by atoms with E-state index >= 15 is 0 Å². The minimum absolute atomic E-state index is 0.0232. The molecule has 1 aliphatic heterocycles. The topological polar surface area (TPSA) is 61.8 Å². The minimum Gasteiger partial charge on any atom is -0.423 e. The van der Waals surface area contributed by atoms with Gasteiger partial charge in [-0.25, -0.2) is 14.6 Å². The predicted octanol–water partition coefficient (Wildman–Crippen LogP) is 3.82. The van der Waals surface area contributed by atoms with Gasteiger partial charge in [0.2, 0.25) is 5.78 Å². The van der Waals surface area contributed by atoms with Crippen LogP contribution in [-0.4, -0.2) is 23.0 Å². The van der Waals surface area contributed by atoms with Gasteiger partial charge in [-0.05, 0) is 45.4 Å². The molecule has 5 nitrogen and oxygen atoms in total. The van der Waals surface area contributed by atoms with Crippen LogP contribution in [0.15, 0.2) is 48.5 Å². The molecule has 0 bridgehead atoms. The lowest BCUT2D eigenvalue weighted by atomic mass is 9.84. The van der Waals surface area contributed by atoms with E-state index in [1.165, 1.54) is 0 Å². The van der Waals surface area contributed by atoms with E-state index in [1.807, 2.05) is 31.2 Å². The van der Waals surface area contributed by atoms with E-state index in [1.54, 1.807) is 45.0 Å². The van der Waals surface area contributed by atoms with Crippen molar-refractivity contribution >= 4 is 11.8 Å². The zero-order chi connectivity index (χ0) is 18.9. The monoisotopic (exact) mass is 354 g/mol. The molecule has 2 aromatic carbocycles. The van der Waals surface area contributed by atoms with Crippen LogP contribution in [0.25, 0.3) is 0 Å². The largest absolute Gasteiger partial charge is 0.423 e. The fourth-order valence-electron chi connectivity index (χ4n) is 2.68. The smallest absolute Gasteiger partial charge is 0.355 e. The molecular formula is C21H22O5. The fourth-order valence-corrected chi connectivity index (χ4v) is 2.68. The third-order valence-electron chi connectivity index (χ3n) is 4.04. The zero-order valence-corrected chi connectivity index (χ0v) is 15.4. The van der Waals surface area contributed by atoms with Gasteiger partial charge >= 0.3 is 5.97 Å². The Balaban J connectivity index is 2.04. The van der Waals surface area contributed by atoms with E-state index in [0.717, 1.165) is 11.1 Å². The van der Waals surface area contributed by atoms with Gasteiger partial charge in [-0.1, -0.05) is 42.0 Å². The molecular weight excluding hydrogens is 332 g/mol. The number of para-hydroxylation sites is 1. The molecule has 0 aromatic heterocycles. The standard InChI is InChI=1S/C21H22O5/c1-14-9-11-15(12-10-14)13-21(26-25-20(2,3)4)18(22)16-7-5-6-8-17(16)24-19(21)23/h5-12H,13H2,1-4H3. The summed E-state index contributed by atoms with van der Waals surface area (Å²) < 4.78 is 5.41. The molecule has 1 unspecified atom stereocenters. The number of carbonyl (C=O) groups is 2. The molecule has 0 radical (unpaired) electrons. The van der Waals surface area contributed by atoms with Crippen molar-refractivity contribution < 1.29 is 24.1 Å². The number of ketones is 1. The van der Waals surface area contributed by atoms with Gasteiger partial charge in [0.05, 0.1) is 11.2 Å². The second-order valence-electron chi connectivity index (χ2n) is 7.48. The first-order valence-electron chi connectivity index (χ1n) is 8.50. The average molecular weight is 354 g/mol. The van der Waals surface area contributed by atoms with E-state index in [9.17, 15) is 9.59 Å². The Bertz CT molecular complexity index is 832. The number of rotatable bonds is 4. The Morgan fingerprint density at radius 2 is 1.65 bits per heavy atom. The Labute approximate surface area is 152 Å². The Morgan fingerprint density at radius 3 is 2.31 bits per heavy atom. The average Bonchev–Trinajstić information content (AvgIpc) is 2.58. The molecule has 2 aromatic rings. The van der Waals surface area contributed by atoms with Crippen LogP contribution >= 0.6 is 0 Å². The zero-order valence-electron chi connectivity index (χ0n) is 15.4. The first kappa shape index (κ1) is 18.3. The molecule has 3 rings (SSSR count). The van der Waals surface area contributed by atoms with Crippen LogP contribution in [0.3, 0.4) is 0 Å². The van der Waals surface area contributed by atoms with Crippen LogP contribution in [0, 0.1) is 6.92 Å². The summed E-state index contributed by atoms with van der Waals surface area (Å²) >= 11 is 0.